The second-order valence-corrected chi connectivity index (χ2v) is 6.57. The van der Waals surface area contributed by atoms with E-state index < -0.39 is 5.79 Å². The van der Waals surface area contributed by atoms with Crippen molar-refractivity contribution in [1.29, 1.82) is 0 Å². The smallest absolute Gasteiger partial charge is 0.248 e. The van der Waals surface area contributed by atoms with E-state index in [0.29, 0.717) is 12.2 Å². The van der Waals surface area contributed by atoms with Crippen LogP contribution in [0.2, 0.25) is 0 Å². The maximum absolute atomic E-state index is 12.6. The molecule has 1 aromatic carbocycles. The molecule has 6 nitrogen and oxygen atoms in total. The number of imidazole rings is 1. The predicted octanol–water partition coefficient (Wildman–Crippen LogP) is 2.98. The number of carbonyl (C=O) groups is 1. The number of anilines is 1. The van der Waals surface area contributed by atoms with E-state index in [4.69, 9.17) is 9.47 Å². The zero-order chi connectivity index (χ0) is 16.7. The van der Waals surface area contributed by atoms with E-state index in [1.165, 1.54) is 0 Å². The molecule has 0 saturated heterocycles. The van der Waals surface area contributed by atoms with E-state index in [-0.39, 0.29) is 11.8 Å². The van der Waals surface area contributed by atoms with Crippen molar-refractivity contribution in [2.45, 2.75) is 45.4 Å². The molecular weight excluding hydrogens is 306 g/mol. The molecule has 0 unspecified atom stereocenters. The third-order valence-corrected chi connectivity index (χ3v) is 4.83. The summed E-state index contributed by atoms with van der Waals surface area (Å²) in [5.41, 5.74) is 0.733. The van der Waals surface area contributed by atoms with Crippen LogP contribution in [-0.4, -0.2) is 21.2 Å². The van der Waals surface area contributed by atoms with Crippen LogP contribution in [0, 0.1) is 5.92 Å². The summed E-state index contributed by atoms with van der Waals surface area (Å²) in [6, 6.07) is 5.53. The Balaban J connectivity index is 1.45. The molecule has 1 aromatic heterocycles. The summed E-state index contributed by atoms with van der Waals surface area (Å²) in [6.45, 7) is 4.76. The number of hydrogen-bond acceptors (Lipinski definition) is 4. The number of hydrogen-bond donors (Lipinski definition) is 1. The first-order chi connectivity index (χ1) is 11.6. The zero-order valence-electron chi connectivity index (χ0n) is 13.9. The normalized spacial score (nSPS) is 24.5. The topological polar surface area (TPSA) is 65.4 Å². The molecule has 0 fully saturated rings. The summed E-state index contributed by atoms with van der Waals surface area (Å²) in [5.74, 6) is 1.73. The molecule has 24 heavy (non-hydrogen) atoms. The number of ether oxygens (including phenoxy) is 2. The summed E-state index contributed by atoms with van der Waals surface area (Å²) < 4.78 is 13.8. The second-order valence-electron chi connectivity index (χ2n) is 6.57. The maximum Gasteiger partial charge on any atom is 0.248 e. The van der Waals surface area contributed by atoms with Gasteiger partial charge in [0.2, 0.25) is 11.7 Å². The summed E-state index contributed by atoms with van der Waals surface area (Å²) >= 11 is 0. The van der Waals surface area contributed by atoms with E-state index in [2.05, 4.69) is 14.9 Å². The molecule has 0 aliphatic carbocycles. The Labute approximate surface area is 140 Å². The lowest BCUT2D eigenvalue weighted by Crippen LogP contribution is -2.33. The molecule has 3 heterocycles. The summed E-state index contributed by atoms with van der Waals surface area (Å²) in [5, 5.41) is 3.00. The Morgan fingerprint density at radius 3 is 3.08 bits per heavy atom. The van der Waals surface area contributed by atoms with Gasteiger partial charge in [-0.2, -0.15) is 0 Å². The van der Waals surface area contributed by atoms with Crippen molar-refractivity contribution in [2.75, 3.05) is 5.32 Å². The Kier molecular flexibility index (Phi) is 3.48. The molecule has 2 aliphatic heterocycles. The van der Waals surface area contributed by atoms with E-state index in [1.807, 2.05) is 38.2 Å². The summed E-state index contributed by atoms with van der Waals surface area (Å²) in [7, 11) is 0. The second kappa shape index (κ2) is 5.54. The Bertz CT molecular complexity index is 786. The number of aromatic nitrogens is 2. The van der Waals surface area contributed by atoms with Crippen LogP contribution in [0.25, 0.3) is 0 Å². The SMILES string of the molecule is CC[C@@]1(C)Oc2ccc(NC(=O)[C@@H]3CCn4ccnc4C3)cc2O1. The Morgan fingerprint density at radius 1 is 1.42 bits per heavy atom. The van der Waals surface area contributed by atoms with Crippen LogP contribution in [0.5, 0.6) is 11.5 Å². The van der Waals surface area contributed by atoms with Crippen molar-refractivity contribution in [3.8, 4) is 11.5 Å². The molecule has 2 aromatic rings. The molecule has 6 heteroatoms. The van der Waals surface area contributed by atoms with E-state index in [9.17, 15) is 4.79 Å². The van der Waals surface area contributed by atoms with E-state index in [1.54, 1.807) is 6.20 Å². The van der Waals surface area contributed by atoms with Gasteiger partial charge in [-0.15, -0.1) is 0 Å². The van der Waals surface area contributed by atoms with Crippen LogP contribution in [0.1, 0.15) is 32.5 Å². The molecule has 1 amide bonds. The van der Waals surface area contributed by atoms with Gasteiger partial charge < -0.3 is 19.4 Å². The fraction of sp³-hybridized carbons (Fsp3) is 0.444. The monoisotopic (exact) mass is 327 g/mol. The molecule has 126 valence electrons. The number of aryl methyl sites for hydroxylation is 1. The fourth-order valence-electron chi connectivity index (χ4n) is 3.20. The van der Waals surface area contributed by atoms with Gasteiger partial charge in [-0.05, 0) is 18.6 Å². The van der Waals surface area contributed by atoms with Crippen molar-refractivity contribution in [2.24, 2.45) is 5.92 Å². The van der Waals surface area contributed by atoms with Crippen molar-refractivity contribution in [1.82, 2.24) is 9.55 Å². The molecule has 0 spiro atoms. The fourth-order valence-corrected chi connectivity index (χ4v) is 3.20. The quantitative estimate of drug-likeness (QED) is 0.941. The van der Waals surface area contributed by atoms with Gasteiger partial charge in [0.25, 0.3) is 0 Å². The average Bonchev–Trinajstić information content (AvgIpc) is 3.17. The first-order valence-corrected chi connectivity index (χ1v) is 8.39. The minimum atomic E-state index is -0.620. The third kappa shape index (κ3) is 2.62. The highest BCUT2D eigenvalue weighted by atomic mass is 16.7. The molecule has 2 aliphatic rings. The summed E-state index contributed by atoms with van der Waals surface area (Å²) in [4.78, 5) is 16.9. The minimum Gasteiger partial charge on any atom is -0.449 e. The predicted molar refractivity (Wildman–Crippen MR) is 89.1 cm³/mol. The average molecular weight is 327 g/mol. The van der Waals surface area contributed by atoms with E-state index in [0.717, 1.165) is 36.6 Å². The van der Waals surface area contributed by atoms with Gasteiger partial charge in [-0.3, -0.25) is 4.79 Å². The highest BCUT2D eigenvalue weighted by Gasteiger charge is 2.35. The van der Waals surface area contributed by atoms with Gasteiger partial charge in [-0.1, -0.05) is 6.92 Å². The van der Waals surface area contributed by atoms with Crippen LogP contribution in [-0.2, 0) is 17.8 Å². The standard InChI is InChI=1S/C18H21N3O3/c1-3-18(2)23-14-5-4-13(11-15(14)24-18)20-17(22)12-6-8-21-9-7-19-16(21)10-12/h4-5,7,9,11-12H,3,6,8,10H2,1-2H3,(H,20,22)/t12-,18+/m1/s1. The summed E-state index contributed by atoms with van der Waals surface area (Å²) in [6.07, 6.45) is 6.01. The minimum absolute atomic E-state index is 0.0290. The van der Waals surface area contributed by atoms with Gasteiger partial charge in [0.05, 0.1) is 0 Å². The highest BCUT2D eigenvalue weighted by molar-refractivity contribution is 5.93. The lowest BCUT2D eigenvalue weighted by molar-refractivity contribution is -0.120. The van der Waals surface area contributed by atoms with Gasteiger partial charge >= 0.3 is 0 Å². The third-order valence-electron chi connectivity index (χ3n) is 4.83. The molecule has 0 saturated carbocycles. The number of benzene rings is 1. The van der Waals surface area contributed by atoms with Crippen molar-refractivity contribution < 1.29 is 14.3 Å². The van der Waals surface area contributed by atoms with E-state index >= 15 is 0 Å². The maximum atomic E-state index is 12.6. The van der Waals surface area contributed by atoms with Crippen LogP contribution >= 0.6 is 0 Å². The van der Waals surface area contributed by atoms with Crippen LogP contribution in [0.15, 0.2) is 30.6 Å². The lowest BCUT2D eigenvalue weighted by Gasteiger charge is -2.22. The molecule has 0 radical (unpaired) electrons. The van der Waals surface area contributed by atoms with Crippen LogP contribution in [0.3, 0.4) is 0 Å². The van der Waals surface area contributed by atoms with Gasteiger partial charge in [0, 0.05) is 56.4 Å². The van der Waals surface area contributed by atoms with Gasteiger partial charge in [-0.25, -0.2) is 4.98 Å². The molecular formula is C18H21N3O3. The molecule has 1 N–H and O–H groups in total. The number of rotatable bonds is 3. The molecule has 4 rings (SSSR count). The van der Waals surface area contributed by atoms with Gasteiger partial charge in [0.15, 0.2) is 11.5 Å². The number of nitrogens with zero attached hydrogens (tertiary/aromatic N) is 2. The molecule has 0 bridgehead atoms. The van der Waals surface area contributed by atoms with Gasteiger partial charge in [0.1, 0.15) is 5.82 Å². The number of nitrogens with one attached hydrogen (secondary N) is 1. The molecule has 2 atom stereocenters. The lowest BCUT2D eigenvalue weighted by atomic mass is 9.97. The first kappa shape index (κ1) is 15.1. The number of amides is 1. The Morgan fingerprint density at radius 2 is 2.25 bits per heavy atom. The number of fused-ring (bicyclic) bond motifs is 2. The zero-order valence-corrected chi connectivity index (χ0v) is 13.9. The highest BCUT2D eigenvalue weighted by Crippen LogP contribution is 2.42. The van der Waals surface area contributed by atoms with Crippen molar-refractivity contribution in [3.63, 3.8) is 0 Å². The van der Waals surface area contributed by atoms with Crippen molar-refractivity contribution in [3.05, 3.63) is 36.4 Å². The number of carbonyl (C=O) groups excluding carboxylic acids is 1. The first-order valence-electron chi connectivity index (χ1n) is 8.39. The Hall–Kier alpha value is -2.50. The van der Waals surface area contributed by atoms with Crippen molar-refractivity contribution >= 4 is 11.6 Å². The van der Waals surface area contributed by atoms with Crippen LogP contribution in [0.4, 0.5) is 5.69 Å². The van der Waals surface area contributed by atoms with Crippen LogP contribution < -0.4 is 14.8 Å². The largest absolute Gasteiger partial charge is 0.449 e.